The number of nitrogen functional groups attached to an aromatic ring is 1. The van der Waals surface area contributed by atoms with Crippen LogP contribution in [0.3, 0.4) is 0 Å². The summed E-state index contributed by atoms with van der Waals surface area (Å²) in [6.45, 7) is 7.47. The Kier molecular flexibility index (Phi) is 2.73. The number of nitrogens with two attached hydrogens (primary N) is 1. The summed E-state index contributed by atoms with van der Waals surface area (Å²) in [6.07, 6.45) is 2.13. The highest BCUT2D eigenvalue weighted by Crippen LogP contribution is 2.37. The minimum atomic E-state index is 0.710. The first-order valence-electron chi connectivity index (χ1n) is 6.76. The fraction of sp³-hybridized carbons (Fsp3) is 0.400. The number of nitrogens with one attached hydrogen (secondary N) is 1. The van der Waals surface area contributed by atoms with Crippen LogP contribution < -0.4 is 10.6 Å². The maximum atomic E-state index is 5.96. The molecule has 4 nitrogen and oxygen atoms in total. The highest BCUT2D eigenvalue weighted by molar-refractivity contribution is 5.73. The van der Waals surface area contributed by atoms with Crippen molar-refractivity contribution in [2.75, 3.05) is 17.2 Å². The SMILES string of the molecule is Cc1cc(C)c(N2CCCc3c2n[nH]c3N)c(C)c1. The second-order valence-corrected chi connectivity index (χ2v) is 5.44. The molecule has 2 aromatic rings. The van der Waals surface area contributed by atoms with Crippen molar-refractivity contribution in [2.45, 2.75) is 33.6 Å². The number of hydrogen-bond acceptors (Lipinski definition) is 3. The van der Waals surface area contributed by atoms with Crippen molar-refractivity contribution in [1.82, 2.24) is 10.2 Å². The van der Waals surface area contributed by atoms with E-state index < -0.39 is 0 Å². The van der Waals surface area contributed by atoms with E-state index in [0.717, 1.165) is 30.8 Å². The number of fused-ring (bicyclic) bond motifs is 1. The summed E-state index contributed by atoms with van der Waals surface area (Å²) in [5, 5.41) is 7.31. The van der Waals surface area contributed by atoms with Crippen molar-refractivity contribution in [3.63, 3.8) is 0 Å². The highest BCUT2D eigenvalue weighted by Gasteiger charge is 2.25. The van der Waals surface area contributed by atoms with Gasteiger partial charge in [0.1, 0.15) is 5.82 Å². The Morgan fingerprint density at radius 1 is 1.21 bits per heavy atom. The number of aryl methyl sites for hydroxylation is 3. The molecular formula is C15H20N4. The van der Waals surface area contributed by atoms with Crippen molar-refractivity contribution in [3.05, 3.63) is 34.4 Å². The van der Waals surface area contributed by atoms with Gasteiger partial charge in [-0.3, -0.25) is 5.10 Å². The first-order chi connectivity index (χ1) is 9.08. The average molecular weight is 256 g/mol. The Balaban J connectivity index is 2.14. The van der Waals surface area contributed by atoms with Crippen LogP contribution in [-0.2, 0) is 6.42 Å². The third-order valence-corrected chi connectivity index (χ3v) is 3.85. The number of rotatable bonds is 1. The van der Waals surface area contributed by atoms with Gasteiger partial charge in [-0.1, -0.05) is 17.7 Å². The van der Waals surface area contributed by atoms with Crippen molar-refractivity contribution in [1.29, 1.82) is 0 Å². The van der Waals surface area contributed by atoms with Gasteiger partial charge >= 0.3 is 0 Å². The van der Waals surface area contributed by atoms with Gasteiger partial charge in [-0.2, -0.15) is 5.10 Å². The van der Waals surface area contributed by atoms with E-state index in [9.17, 15) is 0 Å². The lowest BCUT2D eigenvalue weighted by Gasteiger charge is -2.30. The van der Waals surface area contributed by atoms with Crippen LogP contribution in [0.4, 0.5) is 17.3 Å². The fourth-order valence-electron chi connectivity index (χ4n) is 3.17. The minimum absolute atomic E-state index is 0.710. The Morgan fingerprint density at radius 2 is 1.89 bits per heavy atom. The summed E-state index contributed by atoms with van der Waals surface area (Å²) >= 11 is 0. The van der Waals surface area contributed by atoms with E-state index in [4.69, 9.17) is 5.73 Å². The number of benzene rings is 1. The molecule has 0 amide bonds. The lowest BCUT2D eigenvalue weighted by atomic mass is 10.0. The van der Waals surface area contributed by atoms with Gasteiger partial charge in [0.25, 0.3) is 0 Å². The van der Waals surface area contributed by atoms with Gasteiger partial charge in [0.2, 0.25) is 0 Å². The molecule has 0 saturated heterocycles. The third-order valence-electron chi connectivity index (χ3n) is 3.85. The summed E-state index contributed by atoms with van der Waals surface area (Å²) in [6, 6.07) is 4.46. The minimum Gasteiger partial charge on any atom is -0.384 e. The standard InChI is InChI=1S/C15H20N4/c1-9-7-10(2)13(11(3)8-9)19-6-4-5-12-14(16)17-18-15(12)19/h7-8H,4-6H2,1-3H3,(H3,16,17,18). The van der Waals surface area contributed by atoms with Crippen LogP contribution in [-0.4, -0.2) is 16.7 Å². The van der Waals surface area contributed by atoms with Gasteiger partial charge in [0.15, 0.2) is 5.82 Å². The molecule has 0 unspecified atom stereocenters. The highest BCUT2D eigenvalue weighted by atomic mass is 15.3. The number of H-pyrrole nitrogens is 1. The van der Waals surface area contributed by atoms with E-state index in [0.29, 0.717) is 5.82 Å². The number of hydrogen-bond donors (Lipinski definition) is 2. The Bertz CT molecular complexity index is 604. The Hall–Kier alpha value is -1.97. The number of aromatic amines is 1. The molecule has 19 heavy (non-hydrogen) atoms. The van der Waals surface area contributed by atoms with Gasteiger partial charge in [-0.15, -0.1) is 0 Å². The zero-order valence-electron chi connectivity index (χ0n) is 11.7. The second kappa shape index (κ2) is 4.30. The van der Waals surface area contributed by atoms with Crippen molar-refractivity contribution >= 4 is 17.3 Å². The molecule has 0 aliphatic carbocycles. The van der Waals surface area contributed by atoms with Crippen LogP contribution >= 0.6 is 0 Å². The van der Waals surface area contributed by atoms with Gasteiger partial charge in [-0.05, 0) is 44.7 Å². The van der Waals surface area contributed by atoms with Crippen molar-refractivity contribution < 1.29 is 0 Å². The van der Waals surface area contributed by atoms with Crippen molar-refractivity contribution in [2.24, 2.45) is 0 Å². The molecule has 1 aromatic heterocycles. The van der Waals surface area contributed by atoms with Crippen molar-refractivity contribution in [3.8, 4) is 0 Å². The number of anilines is 3. The lowest BCUT2D eigenvalue weighted by Crippen LogP contribution is -2.26. The third kappa shape index (κ3) is 1.87. The van der Waals surface area contributed by atoms with E-state index >= 15 is 0 Å². The second-order valence-electron chi connectivity index (χ2n) is 5.44. The quantitative estimate of drug-likeness (QED) is 0.824. The van der Waals surface area contributed by atoms with Crippen LogP contribution in [0.25, 0.3) is 0 Å². The Labute approximate surface area is 113 Å². The molecule has 1 aliphatic rings. The van der Waals surface area contributed by atoms with Gasteiger partial charge in [0, 0.05) is 17.8 Å². The Morgan fingerprint density at radius 3 is 2.58 bits per heavy atom. The lowest BCUT2D eigenvalue weighted by molar-refractivity contribution is 0.758. The van der Waals surface area contributed by atoms with Gasteiger partial charge < -0.3 is 10.6 Å². The fourth-order valence-corrected chi connectivity index (χ4v) is 3.17. The molecule has 0 bridgehead atoms. The normalized spacial score (nSPS) is 14.6. The molecule has 100 valence electrons. The zero-order chi connectivity index (χ0) is 13.6. The first-order valence-corrected chi connectivity index (χ1v) is 6.76. The molecule has 0 spiro atoms. The zero-order valence-corrected chi connectivity index (χ0v) is 11.7. The summed E-state index contributed by atoms with van der Waals surface area (Å²) in [5.74, 6) is 1.71. The summed E-state index contributed by atoms with van der Waals surface area (Å²) in [7, 11) is 0. The molecule has 0 radical (unpaired) electrons. The molecule has 0 fully saturated rings. The summed E-state index contributed by atoms with van der Waals surface area (Å²) in [5.41, 5.74) is 12.3. The van der Waals surface area contributed by atoms with Crippen LogP contribution in [0.1, 0.15) is 28.7 Å². The molecule has 1 aliphatic heterocycles. The van der Waals surface area contributed by atoms with E-state index in [2.05, 4.69) is 48.0 Å². The largest absolute Gasteiger partial charge is 0.384 e. The van der Waals surface area contributed by atoms with Crippen LogP contribution in [0.5, 0.6) is 0 Å². The predicted molar refractivity (Wildman–Crippen MR) is 79.0 cm³/mol. The van der Waals surface area contributed by atoms with Crippen LogP contribution in [0.2, 0.25) is 0 Å². The summed E-state index contributed by atoms with van der Waals surface area (Å²) in [4.78, 5) is 2.30. The van der Waals surface area contributed by atoms with E-state index in [1.54, 1.807) is 0 Å². The topological polar surface area (TPSA) is 57.9 Å². The predicted octanol–water partition coefficient (Wildman–Crippen LogP) is 3.00. The maximum Gasteiger partial charge on any atom is 0.160 e. The molecule has 3 rings (SSSR count). The molecule has 1 aromatic carbocycles. The monoisotopic (exact) mass is 256 g/mol. The van der Waals surface area contributed by atoms with Gasteiger partial charge in [-0.25, -0.2) is 0 Å². The molecule has 0 saturated carbocycles. The smallest absolute Gasteiger partial charge is 0.160 e. The molecule has 2 heterocycles. The summed E-state index contributed by atoms with van der Waals surface area (Å²) < 4.78 is 0. The first kappa shape index (κ1) is 12.1. The van der Waals surface area contributed by atoms with E-state index in [1.807, 2.05) is 0 Å². The van der Waals surface area contributed by atoms with Gasteiger partial charge in [0.05, 0.1) is 0 Å². The van der Waals surface area contributed by atoms with E-state index in [1.165, 1.54) is 22.4 Å². The van der Waals surface area contributed by atoms with Crippen LogP contribution in [0.15, 0.2) is 12.1 Å². The molecular weight excluding hydrogens is 236 g/mol. The maximum absolute atomic E-state index is 5.96. The molecule has 0 atom stereocenters. The molecule has 3 N–H and O–H groups in total. The number of aromatic nitrogens is 2. The number of nitrogens with zero attached hydrogens (tertiary/aromatic N) is 2. The van der Waals surface area contributed by atoms with Crippen LogP contribution in [0, 0.1) is 20.8 Å². The van der Waals surface area contributed by atoms with E-state index in [-0.39, 0.29) is 0 Å². The average Bonchev–Trinajstić information content (AvgIpc) is 2.71. The molecule has 4 heteroatoms.